The van der Waals surface area contributed by atoms with E-state index < -0.39 is 3.79 Å². The van der Waals surface area contributed by atoms with E-state index in [0.29, 0.717) is 5.69 Å². The Kier molecular flexibility index (Phi) is 5.35. The Morgan fingerprint density at radius 3 is 2.38 bits per heavy atom. The van der Waals surface area contributed by atoms with E-state index in [2.05, 4.69) is 17.2 Å². The van der Waals surface area contributed by atoms with Crippen molar-refractivity contribution in [2.24, 2.45) is 0 Å². The lowest BCUT2D eigenvalue weighted by atomic mass is 10.2. The summed E-state index contributed by atoms with van der Waals surface area (Å²) in [5.74, 6) is 0. The van der Waals surface area contributed by atoms with Crippen molar-refractivity contribution < 1.29 is 0 Å². The van der Waals surface area contributed by atoms with Gasteiger partial charge in [0.2, 0.25) is 3.79 Å². The van der Waals surface area contributed by atoms with E-state index in [1.54, 1.807) is 4.68 Å². The quantitative estimate of drug-likeness (QED) is 0.604. The van der Waals surface area contributed by atoms with Crippen molar-refractivity contribution in [1.29, 1.82) is 0 Å². The molecule has 0 unspecified atom stereocenters. The van der Waals surface area contributed by atoms with Gasteiger partial charge in [0, 0.05) is 6.54 Å². The summed E-state index contributed by atoms with van der Waals surface area (Å²) in [7, 11) is 0. The van der Waals surface area contributed by atoms with Crippen molar-refractivity contribution in [3.05, 3.63) is 11.4 Å². The van der Waals surface area contributed by atoms with Gasteiger partial charge in [-0.05, 0) is 13.3 Å². The molecule has 0 aromatic carbocycles. The lowest BCUT2D eigenvalue weighted by molar-refractivity contribution is 0.519. The zero-order valence-electron chi connectivity index (χ0n) is 9.51. The van der Waals surface area contributed by atoms with Gasteiger partial charge in [0.1, 0.15) is 5.69 Å². The Hall–Kier alpha value is 0.01000. The third-order valence-electron chi connectivity index (χ3n) is 2.47. The Labute approximate surface area is 111 Å². The molecule has 0 aliphatic rings. The predicted molar refractivity (Wildman–Crippen MR) is 68.1 cm³/mol. The molecule has 0 saturated carbocycles. The number of unbranched alkanes of at least 4 members (excludes halogenated alkanes) is 3. The highest BCUT2D eigenvalue weighted by atomic mass is 35.6. The maximum atomic E-state index is 5.78. The summed E-state index contributed by atoms with van der Waals surface area (Å²) in [5, 5.41) is 7.90. The minimum Gasteiger partial charge on any atom is -0.249 e. The number of nitrogens with zero attached hydrogens (tertiary/aromatic N) is 3. The van der Waals surface area contributed by atoms with E-state index in [1.165, 1.54) is 19.3 Å². The molecule has 0 bridgehead atoms. The van der Waals surface area contributed by atoms with Crippen LogP contribution in [0, 0.1) is 6.92 Å². The van der Waals surface area contributed by atoms with Crippen LogP contribution in [0.1, 0.15) is 44.0 Å². The second-order valence-electron chi connectivity index (χ2n) is 3.81. The molecule has 0 aliphatic carbocycles. The molecular weight excluding hydrogens is 268 g/mol. The molecule has 1 aromatic heterocycles. The Morgan fingerprint density at radius 1 is 1.19 bits per heavy atom. The number of hydrogen-bond acceptors (Lipinski definition) is 2. The van der Waals surface area contributed by atoms with E-state index in [4.69, 9.17) is 34.8 Å². The number of halogens is 3. The predicted octanol–water partition coefficient (Wildman–Crippen LogP) is 3.99. The average molecular weight is 285 g/mol. The lowest BCUT2D eigenvalue weighted by Gasteiger charge is -2.08. The molecule has 0 saturated heterocycles. The van der Waals surface area contributed by atoms with Crippen molar-refractivity contribution in [2.45, 2.75) is 49.9 Å². The second kappa shape index (κ2) is 6.08. The van der Waals surface area contributed by atoms with Gasteiger partial charge < -0.3 is 0 Å². The maximum Gasteiger partial charge on any atom is 0.236 e. The van der Waals surface area contributed by atoms with Gasteiger partial charge in [0.15, 0.2) is 0 Å². The van der Waals surface area contributed by atoms with E-state index in [9.17, 15) is 0 Å². The largest absolute Gasteiger partial charge is 0.249 e. The van der Waals surface area contributed by atoms with Crippen molar-refractivity contribution in [3.63, 3.8) is 0 Å². The van der Waals surface area contributed by atoms with Crippen LogP contribution >= 0.6 is 34.8 Å². The van der Waals surface area contributed by atoms with E-state index >= 15 is 0 Å². The van der Waals surface area contributed by atoms with Crippen LogP contribution in [0.15, 0.2) is 0 Å². The molecule has 6 heteroatoms. The summed E-state index contributed by atoms with van der Waals surface area (Å²) < 4.78 is 0.318. The molecule has 0 fully saturated rings. The van der Waals surface area contributed by atoms with E-state index in [0.717, 1.165) is 18.7 Å². The molecule has 0 spiro atoms. The Balaban J connectivity index is 2.59. The Morgan fingerprint density at radius 2 is 1.88 bits per heavy atom. The van der Waals surface area contributed by atoms with Gasteiger partial charge in [-0.2, -0.15) is 0 Å². The van der Waals surface area contributed by atoms with E-state index in [1.807, 2.05) is 6.92 Å². The van der Waals surface area contributed by atoms with Crippen LogP contribution in [0.25, 0.3) is 0 Å². The molecule has 0 atom stereocenters. The fourth-order valence-corrected chi connectivity index (χ4v) is 2.05. The number of aryl methyl sites for hydroxylation is 1. The maximum absolute atomic E-state index is 5.78. The lowest BCUT2D eigenvalue weighted by Crippen LogP contribution is -2.06. The summed E-state index contributed by atoms with van der Waals surface area (Å²) in [5.41, 5.74) is 1.25. The molecule has 1 rings (SSSR count). The standard InChI is InChI=1S/C10H16Cl3N3/c1-3-4-5-6-7-16-8(2)9(14-15-16)10(11,12)13/h3-7H2,1-2H3. The summed E-state index contributed by atoms with van der Waals surface area (Å²) in [6.45, 7) is 4.89. The van der Waals surface area contributed by atoms with Gasteiger partial charge in [0.05, 0.1) is 5.69 Å². The minimum absolute atomic E-state index is 0.424. The number of rotatable bonds is 5. The third kappa shape index (κ3) is 3.79. The monoisotopic (exact) mass is 283 g/mol. The third-order valence-corrected chi connectivity index (χ3v) is 3.01. The average Bonchev–Trinajstić information content (AvgIpc) is 2.54. The highest BCUT2D eigenvalue weighted by Crippen LogP contribution is 2.38. The van der Waals surface area contributed by atoms with Crippen molar-refractivity contribution in [3.8, 4) is 0 Å². The van der Waals surface area contributed by atoms with E-state index in [-0.39, 0.29) is 0 Å². The van der Waals surface area contributed by atoms with Crippen LogP contribution in [0.2, 0.25) is 0 Å². The zero-order chi connectivity index (χ0) is 12.2. The Bertz CT molecular complexity index is 331. The molecule has 1 aromatic rings. The zero-order valence-corrected chi connectivity index (χ0v) is 11.8. The molecule has 0 aliphatic heterocycles. The van der Waals surface area contributed by atoms with Crippen molar-refractivity contribution in [2.75, 3.05) is 0 Å². The van der Waals surface area contributed by atoms with Gasteiger partial charge in [-0.25, -0.2) is 4.68 Å². The highest BCUT2D eigenvalue weighted by molar-refractivity contribution is 6.66. The SMILES string of the molecule is CCCCCCn1nnc(C(Cl)(Cl)Cl)c1C. The minimum atomic E-state index is -1.48. The summed E-state index contributed by atoms with van der Waals surface area (Å²) in [6, 6.07) is 0. The van der Waals surface area contributed by atoms with Crippen LogP contribution < -0.4 is 0 Å². The summed E-state index contributed by atoms with van der Waals surface area (Å²) in [4.78, 5) is 0. The number of alkyl halides is 3. The smallest absolute Gasteiger partial charge is 0.236 e. The molecule has 0 amide bonds. The van der Waals surface area contributed by atoms with Crippen LogP contribution in [0.3, 0.4) is 0 Å². The van der Waals surface area contributed by atoms with Crippen molar-refractivity contribution in [1.82, 2.24) is 15.0 Å². The number of hydrogen-bond donors (Lipinski definition) is 0. The van der Waals surface area contributed by atoms with Gasteiger partial charge in [-0.15, -0.1) is 5.10 Å². The number of aromatic nitrogens is 3. The molecule has 92 valence electrons. The first kappa shape index (κ1) is 14.1. The van der Waals surface area contributed by atoms with Gasteiger partial charge in [0.25, 0.3) is 0 Å². The fraction of sp³-hybridized carbons (Fsp3) is 0.800. The van der Waals surface area contributed by atoms with Crippen molar-refractivity contribution >= 4 is 34.8 Å². The van der Waals surface area contributed by atoms with Gasteiger partial charge in [-0.1, -0.05) is 66.2 Å². The molecule has 16 heavy (non-hydrogen) atoms. The normalized spacial score (nSPS) is 12.1. The first-order chi connectivity index (χ1) is 7.46. The summed E-state index contributed by atoms with van der Waals surface area (Å²) >= 11 is 17.3. The first-order valence-corrected chi connectivity index (χ1v) is 6.57. The molecule has 0 radical (unpaired) electrons. The van der Waals surface area contributed by atoms with Crippen LogP contribution in [0.4, 0.5) is 0 Å². The van der Waals surface area contributed by atoms with Gasteiger partial charge in [-0.3, -0.25) is 0 Å². The van der Waals surface area contributed by atoms with Crippen LogP contribution in [0.5, 0.6) is 0 Å². The molecular formula is C10H16Cl3N3. The second-order valence-corrected chi connectivity index (χ2v) is 6.09. The molecule has 0 N–H and O–H groups in total. The molecule has 1 heterocycles. The van der Waals surface area contributed by atoms with Gasteiger partial charge >= 0.3 is 0 Å². The van der Waals surface area contributed by atoms with Crippen LogP contribution in [-0.4, -0.2) is 15.0 Å². The summed E-state index contributed by atoms with van der Waals surface area (Å²) in [6.07, 6.45) is 4.73. The highest BCUT2D eigenvalue weighted by Gasteiger charge is 2.29. The molecule has 3 nitrogen and oxygen atoms in total. The first-order valence-electron chi connectivity index (χ1n) is 5.44. The van der Waals surface area contributed by atoms with Crippen LogP contribution in [-0.2, 0) is 10.3 Å². The fourth-order valence-electron chi connectivity index (χ4n) is 1.52. The topological polar surface area (TPSA) is 30.7 Å².